The first-order valence-corrected chi connectivity index (χ1v) is 9.91. The van der Waals surface area contributed by atoms with Crippen molar-refractivity contribution in [3.8, 4) is 17.3 Å². The number of rotatable bonds is 7. The van der Waals surface area contributed by atoms with E-state index in [1.165, 1.54) is 12.4 Å². The van der Waals surface area contributed by atoms with Gasteiger partial charge in [-0.1, -0.05) is 6.07 Å². The van der Waals surface area contributed by atoms with Crippen molar-refractivity contribution < 1.29 is 9.13 Å². The number of halogens is 1. The van der Waals surface area contributed by atoms with E-state index in [2.05, 4.69) is 20.3 Å². The molecule has 0 amide bonds. The second kappa shape index (κ2) is 8.95. The van der Waals surface area contributed by atoms with Crippen molar-refractivity contribution in [3.63, 3.8) is 0 Å². The smallest absolute Gasteiger partial charge is 0.150 e. The van der Waals surface area contributed by atoms with Gasteiger partial charge in [-0.2, -0.15) is 5.26 Å². The van der Waals surface area contributed by atoms with Gasteiger partial charge in [0.2, 0.25) is 0 Å². The lowest BCUT2D eigenvalue weighted by atomic mass is 10.1. The number of methoxy groups -OCH3 is 1. The molecule has 4 rings (SSSR count). The number of hydrogen-bond acceptors (Lipinski definition) is 8. The molecule has 32 heavy (non-hydrogen) atoms. The van der Waals surface area contributed by atoms with E-state index in [1.807, 2.05) is 23.6 Å². The van der Waals surface area contributed by atoms with Crippen LogP contribution in [0.4, 0.5) is 16.0 Å². The van der Waals surface area contributed by atoms with Crippen LogP contribution in [0.1, 0.15) is 24.4 Å². The van der Waals surface area contributed by atoms with Gasteiger partial charge in [-0.05, 0) is 31.2 Å². The zero-order chi connectivity index (χ0) is 22.7. The third kappa shape index (κ3) is 3.81. The SMILES string of the molecule is COCCn1c([C@H](C)Nc2ncnc(N)c2C#N)nc2ccc(F)c(-c3ccccn3)c21. The average molecular weight is 432 g/mol. The van der Waals surface area contributed by atoms with Gasteiger partial charge >= 0.3 is 0 Å². The van der Waals surface area contributed by atoms with Gasteiger partial charge in [0.1, 0.15) is 41.2 Å². The van der Waals surface area contributed by atoms with E-state index in [0.29, 0.717) is 47.1 Å². The molecule has 0 aliphatic heterocycles. The summed E-state index contributed by atoms with van der Waals surface area (Å²) in [6.07, 6.45) is 2.91. The predicted octanol–water partition coefficient (Wildman–Crippen LogP) is 3.30. The van der Waals surface area contributed by atoms with Crippen LogP contribution in [0.2, 0.25) is 0 Å². The molecular weight excluding hydrogens is 411 g/mol. The summed E-state index contributed by atoms with van der Waals surface area (Å²) in [5.74, 6) is 0.622. The highest BCUT2D eigenvalue weighted by atomic mass is 19.1. The molecule has 0 saturated heterocycles. The number of aromatic nitrogens is 5. The van der Waals surface area contributed by atoms with Crippen molar-refractivity contribution in [2.24, 2.45) is 0 Å². The highest BCUT2D eigenvalue weighted by Gasteiger charge is 2.23. The van der Waals surface area contributed by atoms with Crippen molar-refractivity contribution in [2.45, 2.75) is 19.5 Å². The van der Waals surface area contributed by atoms with Crippen molar-refractivity contribution in [3.05, 3.63) is 60.1 Å². The van der Waals surface area contributed by atoms with Gasteiger partial charge in [0.15, 0.2) is 0 Å². The minimum Gasteiger partial charge on any atom is -0.383 e. The fourth-order valence-electron chi connectivity index (χ4n) is 3.60. The van der Waals surface area contributed by atoms with Crippen molar-refractivity contribution >= 4 is 22.7 Å². The summed E-state index contributed by atoms with van der Waals surface area (Å²) in [7, 11) is 1.60. The highest BCUT2D eigenvalue weighted by Crippen LogP contribution is 2.33. The molecule has 9 nitrogen and oxygen atoms in total. The van der Waals surface area contributed by atoms with Crippen LogP contribution in [-0.2, 0) is 11.3 Å². The monoisotopic (exact) mass is 432 g/mol. The van der Waals surface area contributed by atoms with Gasteiger partial charge < -0.3 is 20.4 Å². The first kappa shape index (κ1) is 21.1. The fourth-order valence-corrected chi connectivity index (χ4v) is 3.60. The fraction of sp³-hybridized carbons (Fsp3) is 0.227. The maximum absolute atomic E-state index is 15.0. The Balaban J connectivity index is 1.87. The molecule has 1 aromatic carbocycles. The average Bonchev–Trinajstić information content (AvgIpc) is 3.17. The van der Waals surface area contributed by atoms with E-state index in [0.717, 1.165) is 0 Å². The lowest BCUT2D eigenvalue weighted by Gasteiger charge is -2.18. The van der Waals surface area contributed by atoms with Crippen molar-refractivity contribution in [1.29, 1.82) is 5.26 Å². The molecule has 3 N–H and O–H groups in total. The Morgan fingerprint density at radius 3 is 2.81 bits per heavy atom. The summed E-state index contributed by atoms with van der Waals surface area (Å²) < 4.78 is 22.2. The number of pyridine rings is 1. The number of nitrogen functional groups attached to an aromatic ring is 1. The number of imidazole rings is 1. The Labute approximate surface area is 183 Å². The number of anilines is 2. The maximum Gasteiger partial charge on any atom is 0.150 e. The van der Waals surface area contributed by atoms with Crippen LogP contribution in [0.3, 0.4) is 0 Å². The largest absolute Gasteiger partial charge is 0.383 e. The quantitative estimate of drug-likeness (QED) is 0.455. The maximum atomic E-state index is 15.0. The standard InChI is InChI=1S/C22H21FN8O/c1-13(29-21-14(11-24)20(25)27-12-28-21)22-30-17-7-6-15(23)18(16-5-3-4-8-26-16)19(17)31(22)9-10-32-2/h3-8,12-13H,9-10H2,1-2H3,(H3,25,27,28,29)/t13-/m0/s1. The Morgan fingerprint density at radius 1 is 1.25 bits per heavy atom. The van der Waals surface area contributed by atoms with Crippen LogP contribution in [0, 0.1) is 17.1 Å². The Kier molecular flexibility index (Phi) is 5.91. The molecule has 3 heterocycles. The molecular formula is C22H21FN8O. The van der Waals surface area contributed by atoms with Gasteiger partial charge in [0.05, 0.1) is 34.9 Å². The van der Waals surface area contributed by atoms with Gasteiger partial charge in [0.25, 0.3) is 0 Å². The Hall–Kier alpha value is -4.10. The number of nitriles is 1. The second-order valence-electron chi connectivity index (χ2n) is 7.08. The van der Waals surface area contributed by atoms with Crippen molar-refractivity contribution in [2.75, 3.05) is 24.8 Å². The minimum atomic E-state index is -0.391. The summed E-state index contributed by atoms with van der Waals surface area (Å²) >= 11 is 0. The summed E-state index contributed by atoms with van der Waals surface area (Å²) in [5, 5.41) is 12.6. The van der Waals surface area contributed by atoms with E-state index in [1.54, 1.807) is 31.5 Å². The van der Waals surface area contributed by atoms with Gasteiger partial charge in [-0.25, -0.2) is 19.3 Å². The molecule has 0 fully saturated rings. The molecule has 0 spiro atoms. The lowest BCUT2D eigenvalue weighted by molar-refractivity contribution is 0.187. The van der Waals surface area contributed by atoms with Gasteiger partial charge in [-0.3, -0.25) is 4.98 Å². The van der Waals surface area contributed by atoms with E-state index in [9.17, 15) is 5.26 Å². The van der Waals surface area contributed by atoms with Crippen molar-refractivity contribution in [1.82, 2.24) is 24.5 Å². The lowest BCUT2D eigenvalue weighted by Crippen LogP contribution is -2.17. The van der Waals surface area contributed by atoms with Gasteiger partial charge in [0, 0.05) is 19.9 Å². The Bertz CT molecular complexity index is 1300. The number of nitrogens with one attached hydrogen (secondary N) is 1. The number of hydrogen-bond donors (Lipinski definition) is 2. The zero-order valence-corrected chi connectivity index (χ0v) is 17.6. The molecule has 0 aliphatic rings. The van der Waals surface area contributed by atoms with Crippen LogP contribution in [-0.4, -0.2) is 38.2 Å². The first-order chi connectivity index (χ1) is 15.5. The number of nitrogens with zero attached hydrogens (tertiary/aromatic N) is 6. The van der Waals surface area contributed by atoms with E-state index >= 15 is 4.39 Å². The van der Waals surface area contributed by atoms with E-state index in [-0.39, 0.29) is 17.4 Å². The first-order valence-electron chi connectivity index (χ1n) is 9.91. The minimum absolute atomic E-state index is 0.0876. The summed E-state index contributed by atoms with van der Waals surface area (Å²) in [6.45, 7) is 2.71. The van der Waals surface area contributed by atoms with Gasteiger partial charge in [-0.15, -0.1) is 0 Å². The van der Waals surface area contributed by atoms with Crippen LogP contribution >= 0.6 is 0 Å². The molecule has 0 radical (unpaired) electrons. The topological polar surface area (TPSA) is 128 Å². The van der Waals surface area contributed by atoms with Crippen LogP contribution in [0.25, 0.3) is 22.3 Å². The van der Waals surface area contributed by atoms with Crippen LogP contribution in [0.5, 0.6) is 0 Å². The summed E-state index contributed by atoms with van der Waals surface area (Å²) in [6, 6.07) is 10.0. The predicted molar refractivity (Wildman–Crippen MR) is 118 cm³/mol. The number of nitrogens with two attached hydrogens (primary N) is 1. The second-order valence-corrected chi connectivity index (χ2v) is 7.08. The van der Waals surface area contributed by atoms with Crippen LogP contribution in [0.15, 0.2) is 42.9 Å². The zero-order valence-electron chi connectivity index (χ0n) is 17.6. The Morgan fingerprint density at radius 2 is 2.09 bits per heavy atom. The van der Waals surface area contributed by atoms with E-state index in [4.69, 9.17) is 15.5 Å². The van der Waals surface area contributed by atoms with E-state index < -0.39 is 5.82 Å². The number of ether oxygens (including phenoxy) is 1. The molecule has 0 saturated carbocycles. The molecule has 0 bridgehead atoms. The number of benzene rings is 1. The summed E-state index contributed by atoms with van der Waals surface area (Å²) in [5.41, 5.74) is 8.07. The normalized spacial score (nSPS) is 11.9. The number of fused-ring (bicyclic) bond motifs is 1. The molecule has 0 unspecified atom stereocenters. The third-order valence-electron chi connectivity index (χ3n) is 5.06. The highest BCUT2D eigenvalue weighted by molar-refractivity contribution is 5.92. The molecule has 4 aromatic rings. The third-order valence-corrected chi connectivity index (χ3v) is 5.06. The molecule has 1 atom stereocenters. The van der Waals surface area contributed by atoms with Crippen LogP contribution < -0.4 is 11.1 Å². The molecule has 10 heteroatoms. The molecule has 162 valence electrons. The molecule has 3 aromatic heterocycles. The summed E-state index contributed by atoms with van der Waals surface area (Å²) in [4.78, 5) is 17.1. The molecule has 0 aliphatic carbocycles.